The predicted octanol–water partition coefficient (Wildman–Crippen LogP) is 1.97. The van der Waals surface area contributed by atoms with E-state index in [2.05, 4.69) is 19.9 Å². The molecule has 11 heteroatoms. The van der Waals surface area contributed by atoms with Crippen molar-refractivity contribution in [2.45, 2.75) is 24.5 Å². The first-order valence-electron chi connectivity index (χ1n) is 8.16. The van der Waals surface area contributed by atoms with Gasteiger partial charge in [0.2, 0.25) is 5.82 Å². The monoisotopic (exact) mass is 418 g/mol. The van der Waals surface area contributed by atoms with E-state index in [1.165, 1.54) is 24.3 Å². The molecule has 0 radical (unpaired) electrons. The van der Waals surface area contributed by atoms with Gasteiger partial charge in [0.05, 0.1) is 10.5 Å². The van der Waals surface area contributed by atoms with Gasteiger partial charge >= 0.3 is 5.97 Å². The summed E-state index contributed by atoms with van der Waals surface area (Å²) in [5.41, 5.74) is 1.21. The fourth-order valence-electron chi connectivity index (χ4n) is 2.55. The molecule has 0 spiro atoms. The van der Waals surface area contributed by atoms with Crippen LogP contribution >= 0.6 is 11.3 Å². The Hall–Kier alpha value is -3.05. The minimum Gasteiger partial charge on any atom is -0.456 e. The molecule has 3 heterocycles. The van der Waals surface area contributed by atoms with Crippen molar-refractivity contribution in [2.75, 3.05) is 0 Å². The molecule has 2 aromatic heterocycles. The van der Waals surface area contributed by atoms with Crippen LogP contribution in [-0.2, 0) is 26.2 Å². The van der Waals surface area contributed by atoms with E-state index in [0.29, 0.717) is 11.5 Å². The number of aromatic nitrogens is 2. The summed E-state index contributed by atoms with van der Waals surface area (Å²) in [6.07, 6.45) is 0. The largest absolute Gasteiger partial charge is 0.456 e. The number of carbonyl (C=O) groups excluding carboxylic acids is 1. The molecule has 1 aliphatic rings. The van der Waals surface area contributed by atoms with Gasteiger partial charge in [-0.2, -0.15) is 16.3 Å². The van der Waals surface area contributed by atoms with Crippen LogP contribution in [0.1, 0.15) is 18.3 Å². The average Bonchev–Trinajstić information content (AvgIpc) is 3.40. The van der Waals surface area contributed by atoms with Crippen LogP contribution in [-0.4, -0.2) is 36.4 Å². The van der Waals surface area contributed by atoms with Gasteiger partial charge in [-0.05, 0) is 30.5 Å². The Morgan fingerprint density at radius 2 is 2.18 bits per heavy atom. The van der Waals surface area contributed by atoms with Crippen LogP contribution in [0.2, 0.25) is 0 Å². The van der Waals surface area contributed by atoms with Crippen molar-refractivity contribution in [1.29, 1.82) is 0 Å². The lowest BCUT2D eigenvalue weighted by Gasteiger charge is -2.07. The Labute approximate surface area is 164 Å². The lowest BCUT2D eigenvalue weighted by atomic mass is 10.2. The van der Waals surface area contributed by atoms with Gasteiger partial charge in [0.1, 0.15) is 11.9 Å². The number of hydrogen-bond donors (Lipinski definition) is 1. The number of sulfonamides is 1. The molecule has 3 aromatic rings. The summed E-state index contributed by atoms with van der Waals surface area (Å²) in [6.45, 7) is 1.33. The van der Waals surface area contributed by atoms with Crippen molar-refractivity contribution in [3.05, 3.63) is 52.5 Å². The molecule has 0 bridgehead atoms. The summed E-state index contributed by atoms with van der Waals surface area (Å²) in [5.74, 6) is 0.0381. The Morgan fingerprint density at radius 1 is 1.36 bits per heavy atom. The maximum Gasteiger partial charge on any atom is 0.331 e. The highest BCUT2D eigenvalue weighted by Crippen LogP contribution is 2.23. The molecular weight excluding hydrogens is 404 g/mol. The molecule has 0 fully saturated rings. The van der Waals surface area contributed by atoms with Crippen LogP contribution in [0.4, 0.5) is 0 Å². The smallest absolute Gasteiger partial charge is 0.331 e. The highest BCUT2D eigenvalue weighted by atomic mass is 32.2. The van der Waals surface area contributed by atoms with Gasteiger partial charge in [-0.1, -0.05) is 17.3 Å². The molecule has 0 saturated heterocycles. The van der Waals surface area contributed by atoms with Crippen LogP contribution in [0.5, 0.6) is 0 Å². The van der Waals surface area contributed by atoms with E-state index >= 15 is 0 Å². The van der Waals surface area contributed by atoms with Crippen molar-refractivity contribution in [1.82, 2.24) is 14.9 Å². The number of benzene rings is 1. The summed E-state index contributed by atoms with van der Waals surface area (Å²) in [6, 6.07) is 7.33. The Kier molecular flexibility index (Phi) is 4.69. The van der Waals surface area contributed by atoms with Crippen LogP contribution < -0.4 is 4.72 Å². The zero-order chi connectivity index (χ0) is 19.7. The van der Waals surface area contributed by atoms with Crippen molar-refractivity contribution >= 4 is 33.2 Å². The first-order chi connectivity index (χ1) is 13.4. The van der Waals surface area contributed by atoms with E-state index in [1.807, 2.05) is 16.8 Å². The second-order valence-electron chi connectivity index (χ2n) is 5.89. The van der Waals surface area contributed by atoms with Gasteiger partial charge in [-0.15, -0.1) is 0 Å². The van der Waals surface area contributed by atoms with Crippen molar-refractivity contribution in [3.8, 4) is 11.5 Å². The number of nitrogens with one attached hydrogen (secondary N) is 1. The predicted molar refractivity (Wildman–Crippen MR) is 100 cm³/mol. The SMILES string of the molecule is C[C@H](N=C1NS(=O)(=O)c2ccccc21)C(=O)OCc1noc(-c2ccsc2)n1. The zero-order valence-corrected chi connectivity index (χ0v) is 16.2. The second kappa shape index (κ2) is 7.17. The lowest BCUT2D eigenvalue weighted by molar-refractivity contribution is -0.146. The molecular formula is C17H14N4O5S2. The molecule has 0 unspecified atom stereocenters. The van der Waals surface area contributed by atoms with Crippen molar-refractivity contribution < 1.29 is 22.5 Å². The summed E-state index contributed by atoms with van der Waals surface area (Å²) < 4.78 is 36.8. The fraction of sp³-hybridized carbons (Fsp3) is 0.176. The highest BCUT2D eigenvalue weighted by molar-refractivity contribution is 7.90. The molecule has 0 saturated carbocycles. The molecule has 0 amide bonds. The number of nitrogens with zero attached hydrogens (tertiary/aromatic N) is 3. The van der Waals surface area contributed by atoms with Crippen LogP contribution in [0, 0.1) is 0 Å². The first kappa shape index (κ1) is 18.3. The Balaban J connectivity index is 1.43. The highest BCUT2D eigenvalue weighted by Gasteiger charge is 2.31. The first-order valence-corrected chi connectivity index (χ1v) is 10.6. The van der Waals surface area contributed by atoms with Gasteiger partial charge in [-0.3, -0.25) is 9.71 Å². The van der Waals surface area contributed by atoms with E-state index in [-0.39, 0.29) is 23.2 Å². The third kappa shape index (κ3) is 3.53. The minimum atomic E-state index is -3.66. The third-order valence-corrected chi connectivity index (χ3v) is 5.99. The normalized spacial score (nSPS) is 17.1. The number of fused-ring (bicyclic) bond motifs is 1. The van der Waals surface area contributed by atoms with Crippen LogP contribution in [0.25, 0.3) is 11.5 Å². The minimum absolute atomic E-state index is 0.111. The molecule has 144 valence electrons. The van der Waals surface area contributed by atoms with Crippen LogP contribution in [0.15, 0.2) is 55.5 Å². The van der Waals surface area contributed by atoms with Crippen molar-refractivity contribution in [2.24, 2.45) is 4.99 Å². The van der Waals surface area contributed by atoms with Gasteiger partial charge in [0.25, 0.3) is 15.9 Å². The van der Waals surface area contributed by atoms with Gasteiger partial charge < -0.3 is 9.26 Å². The van der Waals surface area contributed by atoms with E-state index in [9.17, 15) is 13.2 Å². The molecule has 9 nitrogen and oxygen atoms in total. The number of aliphatic imine (C=N–C) groups is 1. The summed E-state index contributed by atoms with van der Waals surface area (Å²) >= 11 is 1.50. The van der Waals surface area contributed by atoms with Crippen molar-refractivity contribution in [3.63, 3.8) is 0 Å². The zero-order valence-electron chi connectivity index (χ0n) is 14.5. The van der Waals surface area contributed by atoms with Gasteiger partial charge in [-0.25, -0.2) is 13.2 Å². The number of hydrogen-bond acceptors (Lipinski definition) is 9. The Bertz CT molecular complexity index is 1150. The third-order valence-electron chi connectivity index (χ3n) is 3.91. The second-order valence-corrected chi connectivity index (χ2v) is 8.32. The summed E-state index contributed by atoms with van der Waals surface area (Å²) in [5, 5.41) is 7.52. The van der Waals surface area contributed by atoms with E-state index < -0.39 is 22.0 Å². The molecule has 28 heavy (non-hydrogen) atoms. The van der Waals surface area contributed by atoms with E-state index in [4.69, 9.17) is 9.26 Å². The summed E-state index contributed by atoms with van der Waals surface area (Å²) in [7, 11) is -3.66. The lowest BCUT2D eigenvalue weighted by Crippen LogP contribution is -2.26. The maximum atomic E-state index is 12.2. The van der Waals surface area contributed by atoms with Crippen LogP contribution in [0.3, 0.4) is 0 Å². The quantitative estimate of drug-likeness (QED) is 0.628. The number of ether oxygens (including phenoxy) is 1. The van der Waals surface area contributed by atoms with Gasteiger partial charge in [0, 0.05) is 10.9 Å². The number of amidine groups is 1. The number of carbonyl (C=O) groups is 1. The number of esters is 1. The summed E-state index contributed by atoms with van der Waals surface area (Å²) in [4.78, 5) is 20.7. The average molecular weight is 418 g/mol. The molecule has 1 aliphatic heterocycles. The number of thiophene rings is 1. The standard InChI is InChI=1S/C17H14N4O5S2/c1-10(18-15-12-4-2-3-5-13(12)28(23,24)21-15)17(22)25-8-14-19-16(26-20-14)11-6-7-27-9-11/h2-7,9-10H,8H2,1H3,(H,18,21)/t10-/m0/s1. The van der Waals surface area contributed by atoms with E-state index in [1.54, 1.807) is 18.2 Å². The molecule has 1 N–H and O–H groups in total. The topological polar surface area (TPSA) is 124 Å². The van der Waals surface area contributed by atoms with E-state index in [0.717, 1.165) is 5.56 Å². The fourth-order valence-corrected chi connectivity index (χ4v) is 4.42. The Morgan fingerprint density at radius 3 is 2.96 bits per heavy atom. The maximum absolute atomic E-state index is 12.2. The van der Waals surface area contributed by atoms with Gasteiger partial charge in [0.15, 0.2) is 6.61 Å². The molecule has 1 aromatic carbocycles. The number of rotatable bonds is 5. The molecule has 0 aliphatic carbocycles. The molecule has 1 atom stereocenters. The molecule has 4 rings (SSSR count).